The van der Waals surface area contributed by atoms with Gasteiger partial charge >= 0.3 is 6.18 Å². The minimum absolute atomic E-state index is 0.115. The maximum absolute atomic E-state index is 12.8. The molecule has 122 valence electrons. The summed E-state index contributed by atoms with van der Waals surface area (Å²) in [5.41, 5.74) is -1.10. The third-order valence-corrected chi connectivity index (χ3v) is 3.66. The van der Waals surface area contributed by atoms with Crippen LogP contribution in [0.3, 0.4) is 0 Å². The number of halogens is 4. The van der Waals surface area contributed by atoms with Crippen molar-refractivity contribution in [1.82, 2.24) is 4.90 Å². The van der Waals surface area contributed by atoms with Crippen LogP contribution in [-0.4, -0.2) is 47.8 Å². The van der Waals surface area contributed by atoms with Crippen LogP contribution in [0.1, 0.15) is 22.8 Å². The molecule has 0 aromatic heterocycles. The summed E-state index contributed by atoms with van der Waals surface area (Å²) in [6.07, 6.45) is -5.12. The van der Waals surface area contributed by atoms with E-state index in [1.807, 2.05) is 0 Å². The summed E-state index contributed by atoms with van der Waals surface area (Å²) in [6, 6.07) is 2.46. The highest BCUT2D eigenvalue weighted by Gasteiger charge is 2.34. The van der Waals surface area contributed by atoms with E-state index in [1.54, 1.807) is 6.92 Å². The number of nitrogens with zero attached hydrogens (tertiary/aromatic N) is 1. The number of aliphatic hydroxyl groups excluding tert-OH is 1. The monoisotopic (exact) mass is 337 g/mol. The van der Waals surface area contributed by atoms with Crippen LogP contribution in [0.2, 0.25) is 5.02 Å². The predicted octanol–water partition coefficient (Wildman–Crippen LogP) is 2.58. The van der Waals surface area contributed by atoms with Gasteiger partial charge in [0.2, 0.25) is 0 Å². The van der Waals surface area contributed by atoms with Gasteiger partial charge in [-0.2, -0.15) is 13.2 Å². The molecular weight excluding hydrogens is 323 g/mol. The van der Waals surface area contributed by atoms with Gasteiger partial charge in [0.1, 0.15) is 0 Å². The molecule has 0 saturated carbocycles. The van der Waals surface area contributed by atoms with Gasteiger partial charge in [0.25, 0.3) is 5.91 Å². The van der Waals surface area contributed by atoms with Crippen molar-refractivity contribution in [2.24, 2.45) is 0 Å². The van der Waals surface area contributed by atoms with Gasteiger partial charge < -0.3 is 14.7 Å². The average molecular weight is 338 g/mol. The molecule has 8 heteroatoms. The van der Waals surface area contributed by atoms with Crippen LogP contribution in [0, 0.1) is 0 Å². The van der Waals surface area contributed by atoms with Crippen molar-refractivity contribution in [2.75, 3.05) is 19.8 Å². The number of benzene rings is 1. The van der Waals surface area contributed by atoms with Crippen molar-refractivity contribution in [3.8, 4) is 0 Å². The van der Waals surface area contributed by atoms with Crippen molar-refractivity contribution < 1.29 is 27.8 Å². The quantitative estimate of drug-likeness (QED) is 0.902. The molecule has 2 atom stereocenters. The van der Waals surface area contributed by atoms with Crippen LogP contribution in [0.5, 0.6) is 0 Å². The van der Waals surface area contributed by atoms with E-state index in [4.69, 9.17) is 21.4 Å². The van der Waals surface area contributed by atoms with Gasteiger partial charge in [-0.25, -0.2) is 0 Å². The molecule has 1 fully saturated rings. The number of hydrogen-bond acceptors (Lipinski definition) is 3. The molecule has 4 nitrogen and oxygen atoms in total. The maximum atomic E-state index is 12.8. The molecule has 22 heavy (non-hydrogen) atoms. The zero-order valence-corrected chi connectivity index (χ0v) is 12.5. The lowest BCUT2D eigenvalue weighted by atomic mass is 10.1. The number of amides is 1. The summed E-state index contributed by atoms with van der Waals surface area (Å²) in [7, 11) is 0. The zero-order valence-electron chi connectivity index (χ0n) is 11.7. The van der Waals surface area contributed by atoms with E-state index < -0.39 is 23.8 Å². The molecule has 0 aliphatic carbocycles. The highest BCUT2D eigenvalue weighted by molar-refractivity contribution is 6.31. The number of morpholine rings is 1. The number of hydrogen-bond donors (Lipinski definition) is 1. The molecule has 1 saturated heterocycles. The molecule has 1 amide bonds. The zero-order chi connectivity index (χ0) is 16.5. The summed E-state index contributed by atoms with van der Waals surface area (Å²) in [4.78, 5) is 13.9. The number of carbonyl (C=O) groups is 1. The molecule has 0 spiro atoms. The average Bonchev–Trinajstić information content (AvgIpc) is 2.45. The fourth-order valence-electron chi connectivity index (χ4n) is 2.25. The standard InChI is InChI=1S/C14H15ClF3NO3/c1-8-7-22-12(6-20)5-19(8)13(21)9-2-10(14(16,17)18)4-11(15)3-9/h2-4,8,12,20H,5-7H2,1H3/t8-,12-/m1/s1. The van der Waals surface area contributed by atoms with Crippen molar-refractivity contribution in [3.63, 3.8) is 0 Å². The minimum Gasteiger partial charge on any atom is -0.394 e. The molecule has 0 radical (unpaired) electrons. The van der Waals surface area contributed by atoms with Crippen LogP contribution < -0.4 is 0 Å². The first kappa shape index (κ1) is 17.1. The summed E-state index contributed by atoms with van der Waals surface area (Å²) >= 11 is 5.70. The molecule has 1 heterocycles. The van der Waals surface area contributed by atoms with Gasteiger partial charge in [0.15, 0.2) is 0 Å². The van der Waals surface area contributed by atoms with Crippen molar-refractivity contribution in [2.45, 2.75) is 25.2 Å². The van der Waals surface area contributed by atoms with E-state index in [9.17, 15) is 18.0 Å². The third-order valence-electron chi connectivity index (χ3n) is 3.44. The second-order valence-electron chi connectivity index (χ2n) is 5.17. The lowest BCUT2D eigenvalue weighted by molar-refractivity contribution is -0.137. The molecule has 0 unspecified atom stereocenters. The Morgan fingerprint density at radius 2 is 2.14 bits per heavy atom. The fraction of sp³-hybridized carbons (Fsp3) is 0.500. The molecule has 1 aliphatic rings. The topological polar surface area (TPSA) is 49.8 Å². The minimum atomic E-state index is -4.58. The van der Waals surface area contributed by atoms with Gasteiger partial charge in [-0.15, -0.1) is 0 Å². The number of aliphatic hydroxyl groups is 1. The van der Waals surface area contributed by atoms with E-state index in [2.05, 4.69) is 0 Å². The van der Waals surface area contributed by atoms with Crippen molar-refractivity contribution in [1.29, 1.82) is 0 Å². The fourth-order valence-corrected chi connectivity index (χ4v) is 2.49. The summed E-state index contributed by atoms with van der Waals surface area (Å²) in [5, 5.41) is 8.95. The molecule has 1 aromatic carbocycles. The Kier molecular flexibility index (Phi) is 4.99. The first-order valence-corrected chi connectivity index (χ1v) is 7.01. The Morgan fingerprint density at radius 1 is 1.45 bits per heavy atom. The van der Waals surface area contributed by atoms with Gasteiger partial charge in [-0.05, 0) is 25.1 Å². The molecular formula is C14H15ClF3NO3. The van der Waals surface area contributed by atoms with E-state index in [-0.39, 0.29) is 36.4 Å². The van der Waals surface area contributed by atoms with Crippen LogP contribution in [0.4, 0.5) is 13.2 Å². The lowest BCUT2D eigenvalue weighted by Gasteiger charge is -2.37. The van der Waals surface area contributed by atoms with Gasteiger partial charge in [-0.3, -0.25) is 4.79 Å². The SMILES string of the molecule is C[C@@H]1CO[C@@H](CO)CN1C(=O)c1cc(Cl)cc(C(F)(F)F)c1. The van der Waals surface area contributed by atoms with Crippen LogP contribution in [0.15, 0.2) is 18.2 Å². The predicted molar refractivity (Wildman–Crippen MR) is 73.8 cm³/mol. The van der Waals surface area contributed by atoms with Crippen LogP contribution >= 0.6 is 11.6 Å². The van der Waals surface area contributed by atoms with Crippen LogP contribution in [0.25, 0.3) is 0 Å². The molecule has 2 rings (SSSR count). The summed E-state index contributed by atoms with van der Waals surface area (Å²) < 4.78 is 43.7. The van der Waals surface area contributed by atoms with Gasteiger partial charge in [0.05, 0.1) is 30.9 Å². The number of alkyl halides is 3. The van der Waals surface area contributed by atoms with E-state index in [0.29, 0.717) is 0 Å². The smallest absolute Gasteiger partial charge is 0.394 e. The second kappa shape index (κ2) is 6.44. The van der Waals surface area contributed by atoms with Crippen LogP contribution in [-0.2, 0) is 10.9 Å². The van der Waals surface area contributed by atoms with Gasteiger partial charge in [-0.1, -0.05) is 11.6 Å². The summed E-state index contributed by atoms with van der Waals surface area (Å²) in [5.74, 6) is -0.567. The summed E-state index contributed by atoms with van der Waals surface area (Å²) in [6.45, 7) is 1.79. The van der Waals surface area contributed by atoms with E-state index in [1.165, 1.54) is 11.0 Å². The Hall–Kier alpha value is -1.31. The van der Waals surface area contributed by atoms with Crippen molar-refractivity contribution >= 4 is 17.5 Å². The number of carbonyl (C=O) groups excluding carboxylic acids is 1. The Balaban J connectivity index is 2.30. The number of rotatable bonds is 2. The van der Waals surface area contributed by atoms with Crippen molar-refractivity contribution in [3.05, 3.63) is 34.3 Å². The Labute approximate surface area is 130 Å². The normalized spacial score (nSPS) is 22.7. The highest BCUT2D eigenvalue weighted by Crippen LogP contribution is 2.32. The first-order chi connectivity index (χ1) is 10.2. The first-order valence-electron chi connectivity index (χ1n) is 6.63. The lowest BCUT2D eigenvalue weighted by Crippen LogP contribution is -2.52. The molecule has 0 bridgehead atoms. The Morgan fingerprint density at radius 3 is 2.73 bits per heavy atom. The third kappa shape index (κ3) is 3.71. The molecule has 1 aromatic rings. The number of ether oxygens (including phenoxy) is 1. The Bertz CT molecular complexity index is 565. The highest BCUT2D eigenvalue weighted by atomic mass is 35.5. The molecule has 1 N–H and O–H groups in total. The molecule has 1 aliphatic heterocycles. The largest absolute Gasteiger partial charge is 0.416 e. The second-order valence-corrected chi connectivity index (χ2v) is 5.61. The van der Waals surface area contributed by atoms with E-state index >= 15 is 0 Å². The van der Waals surface area contributed by atoms with E-state index in [0.717, 1.165) is 12.1 Å². The maximum Gasteiger partial charge on any atom is 0.416 e. The van der Waals surface area contributed by atoms with Gasteiger partial charge in [0, 0.05) is 17.1 Å².